The smallest absolute Gasteiger partial charge is 0.189 e. The third kappa shape index (κ3) is 1.86. The van der Waals surface area contributed by atoms with E-state index in [1.807, 2.05) is 13.0 Å². The van der Waals surface area contributed by atoms with Crippen molar-refractivity contribution in [2.75, 3.05) is 0 Å². The van der Waals surface area contributed by atoms with Crippen LogP contribution in [0.2, 0.25) is 0 Å². The number of aryl methyl sites for hydroxylation is 2. The lowest BCUT2D eigenvalue weighted by molar-refractivity contribution is 0.700. The van der Waals surface area contributed by atoms with Gasteiger partial charge >= 0.3 is 0 Å². The van der Waals surface area contributed by atoms with E-state index < -0.39 is 0 Å². The SMILES string of the molecule is Cc1cc(C)c2c(=O)cc(C3CCCC3)[nH]c2c1. The number of aromatic nitrogens is 1. The summed E-state index contributed by atoms with van der Waals surface area (Å²) in [7, 11) is 0. The fourth-order valence-corrected chi connectivity index (χ4v) is 3.25. The van der Waals surface area contributed by atoms with Crippen molar-refractivity contribution >= 4 is 10.9 Å². The van der Waals surface area contributed by atoms with Crippen LogP contribution in [0.5, 0.6) is 0 Å². The molecule has 2 nitrogen and oxygen atoms in total. The van der Waals surface area contributed by atoms with E-state index in [-0.39, 0.29) is 5.43 Å². The first kappa shape index (κ1) is 11.5. The molecule has 1 fully saturated rings. The number of nitrogens with one attached hydrogen (secondary N) is 1. The van der Waals surface area contributed by atoms with Crippen molar-refractivity contribution in [1.82, 2.24) is 4.98 Å². The van der Waals surface area contributed by atoms with Crippen LogP contribution in [-0.2, 0) is 0 Å². The topological polar surface area (TPSA) is 32.9 Å². The van der Waals surface area contributed by atoms with E-state index in [1.165, 1.54) is 31.2 Å². The summed E-state index contributed by atoms with van der Waals surface area (Å²) in [6.45, 7) is 4.09. The average Bonchev–Trinajstić information content (AvgIpc) is 2.80. The number of hydrogen-bond acceptors (Lipinski definition) is 1. The zero-order chi connectivity index (χ0) is 12.7. The Morgan fingerprint density at radius 3 is 2.56 bits per heavy atom. The molecule has 1 aromatic heterocycles. The number of benzene rings is 1. The van der Waals surface area contributed by atoms with Crippen LogP contribution in [0, 0.1) is 13.8 Å². The van der Waals surface area contributed by atoms with E-state index in [0.717, 1.165) is 22.2 Å². The fraction of sp³-hybridized carbons (Fsp3) is 0.438. The molecule has 0 saturated heterocycles. The third-order valence-electron chi connectivity index (χ3n) is 4.09. The Bertz CT molecular complexity index is 648. The fourth-order valence-electron chi connectivity index (χ4n) is 3.25. The zero-order valence-electron chi connectivity index (χ0n) is 11.0. The molecule has 18 heavy (non-hydrogen) atoms. The number of pyridine rings is 1. The van der Waals surface area contributed by atoms with Gasteiger partial charge in [-0.1, -0.05) is 18.9 Å². The minimum atomic E-state index is 0.170. The summed E-state index contributed by atoms with van der Waals surface area (Å²) in [5.41, 5.74) is 4.59. The van der Waals surface area contributed by atoms with Crippen LogP contribution in [0.3, 0.4) is 0 Å². The Hall–Kier alpha value is -1.57. The van der Waals surface area contributed by atoms with Crippen LogP contribution < -0.4 is 5.43 Å². The van der Waals surface area contributed by atoms with Crippen LogP contribution in [0.1, 0.15) is 48.4 Å². The predicted octanol–water partition coefficient (Wildman–Crippen LogP) is 3.80. The Labute approximate surface area is 107 Å². The van der Waals surface area contributed by atoms with Crippen molar-refractivity contribution in [2.24, 2.45) is 0 Å². The van der Waals surface area contributed by atoms with Crippen molar-refractivity contribution < 1.29 is 0 Å². The Morgan fingerprint density at radius 2 is 1.83 bits per heavy atom. The molecule has 1 heterocycles. The van der Waals surface area contributed by atoms with Crippen molar-refractivity contribution in [2.45, 2.75) is 45.4 Å². The highest BCUT2D eigenvalue weighted by atomic mass is 16.1. The molecule has 1 aromatic carbocycles. The van der Waals surface area contributed by atoms with Crippen LogP contribution >= 0.6 is 0 Å². The van der Waals surface area contributed by atoms with Gasteiger partial charge in [-0.3, -0.25) is 4.79 Å². The molecule has 1 saturated carbocycles. The molecule has 2 heteroatoms. The lowest BCUT2D eigenvalue weighted by Gasteiger charge is -2.12. The minimum absolute atomic E-state index is 0.170. The molecule has 1 aliphatic rings. The summed E-state index contributed by atoms with van der Waals surface area (Å²) in [5, 5.41) is 0.849. The molecule has 0 amide bonds. The van der Waals surface area contributed by atoms with Gasteiger partial charge in [-0.2, -0.15) is 0 Å². The first-order chi connectivity index (χ1) is 8.65. The maximum absolute atomic E-state index is 12.3. The molecule has 0 atom stereocenters. The third-order valence-corrected chi connectivity index (χ3v) is 4.09. The standard InChI is InChI=1S/C16H19NO/c1-10-7-11(2)16-14(8-10)17-13(9-15(16)18)12-5-3-4-6-12/h7-9,12H,3-6H2,1-2H3,(H,17,18). The summed E-state index contributed by atoms with van der Waals surface area (Å²) in [5.74, 6) is 0.558. The van der Waals surface area contributed by atoms with E-state index in [2.05, 4.69) is 24.0 Å². The number of H-pyrrole nitrogens is 1. The van der Waals surface area contributed by atoms with Crippen LogP contribution in [0.4, 0.5) is 0 Å². The molecule has 0 spiro atoms. The van der Waals surface area contributed by atoms with Gasteiger partial charge in [0.2, 0.25) is 0 Å². The Kier molecular flexibility index (Phi) is 2.73. The van der Waals surface area contributed by atoms with Gasteiger partial charge in [0.1, 0.15) is 0 Å². The highest BCUT2D eigenvalue weighted by Crippen LogP contribution is 2.33. The largest absolute Gasteiger partial charge is 0.358 e. The van der Waals surface area contributed by atoms with E-state index in [1.54, 1.807) is 0 Å². The van der Waals surface area contributed by atoms with Crippen LogP contribution in [-0.4, -0.2) is 4.98 Å². The molecule has 1 aliphatic carbocycles. The van der Waals surface area contributed by atoms with E-state index in [0.29, 0.717) is 5.92 Å². The second kappa shape index (κ2) is 4.27. The summed E-state index contributed by atoms with van der Waals surface area (Å²) >= 11 is 0. The lowest BCUT2D eigenvalue weighted by Crippen LogP contribution is -2.09. The highest BCUT2D eigenvalue weighted by molar-refractivity contribution is 5.82. The molecular formula is C16H19NO. The van der Waals surface area contributed by atoms with Gasteiger partial charge in [0, 0.05) is 22.7 Å². The van der Waals surface area contributed by atoms with Gasteiger partial charge in [0.15, 0.2) is 5.43 Å². The normalized spacial score (nSPS) is 16.6. The number of aromatic amines is 1. The molecule has 1 N–H and O–H groups in total. The van der Waals surface area contributed by atoms with Crippen molar-refractivity contribution in [1.29, 1.82) is 0 Å². The maximum Gasteiger partial charge on any atom is 0.189 e. The van der Waals surface area contributed by atoms with E-state index in [4.69, 9.17) is 0 Å². The molecule has 3 rings (SSSR count). The van der Waals surface area contributed by atoms with E-state index in [9.17, 15) is 4.79 Å². The Balaban J connectivity index is 2.23. The number of hydrogen-bond donors (Lipinski definition) is 1. The van der Waals surface area contributed by atoms with Gasteiger partial charge in [0.05, 0.1) is 0 Å². The summed E-state index contributed by atoms with van der Waals surface area (Å²) in [6, 6.07) is 5.98. The van der Waals surface area contributed by atoms with Crippen molar-refractivity contribution in [3.8, 4) is 0 Å². The molecular weight excluding hydrogens is 222 g/mol. The monoisotopic (exact) mass is 241 g/mol. The summed E-state index contributed by atoms with van der Waals surface area (Å²) in [6.07, 6.45) is 5.01. The molecule has 0 bridgehead atoms. The quantitative estimate of drug-likeness (QED) is 0.809. The van der Waals surface area contributed by atoms with Gasteiger partial charge in [0.25, 0.3) is 0 Å². The summed E-state index contributed by atoms with van der Waals surface area (Å²) < 4.78 is 0. The maximum atomic E-state index is 12.3. The summed E-state index contributed by atoms with van der Waals surface area (Å²) in [4.78, 5) is 15.8. The van der Waals surface area contributed by atoms with Gasteiger partial charge < -0.3 is 4.98 Å². The number of fused-ring (bicyclic) bond motifs is 1. The zero-order valence-corrected chi connectivity index (χ0v) is 11.0. The number of rotatable bonds is 1. The first-order valence-corrected chi connectivity index (χ1v) is 6.79. The van der Waals surface area contributed by atoms with Crippen LogP contribution in [0.25, 0.3) is 10.9 Å². The van der Waals surface area contributed by atoms with Crippen LogP contribution in [0.15, 0.2) is 23.0 Å². The van der Waals surface area contributed by atoms with Gasteiger partial charge in [-0.15, -0.1) is 0 Å². The second-order valence-electron chi connectivity index (χ2n) is 5.57. The second-order valence-corrected chi connectivity index (χ2v) is 5.57. The van der Waals surface area contributed by atoms with Crippen molar-refractivity contribution in [3.05, 3.63) is 45.2 Å². The molecule has 0 unspecified atom stereocenters. The minimum Gasteiger partial charge on any atom is -0.358 e. The molecule has 0 aliphatic heterocycles. The van der Waals surface area contributed by atoms with Gasteiger partial charge in [-0.05, 0) is 49.8 Å². The lowest BCUT2D eigenvalue weighted by atomic mass is 10.00. The van der Waals surface area contributed by atoms with E-state index >= 15 is 0 Å². The first-order valence-electron chi connectivity index (χ1n) is 6.79. The average molecular weight is 241 g/mol. The molecule has 94 valence electrons. The van der Waals surface area contributed by atoms with Crippen molar-refractivity contribution in [3.63, 3.8) is 0 Å². The highest BCUT2D eigenvalue weighted by Gasteiger charge is 2.19. The molecule has 0 radical (unpaired) electrons. The van der Waals surface area contributed by atoms with Gasteiger partial charge in [-0.25, -0.2) is 0 Å². The predicted molar refractivity (Wildman–Crippen MR) is 75.3 cm³/mol. The Morgan fingerprint density at radius 1 is 1.11 bits per heavy atom. The molecule has 2 aromatic rings.